The van der Waals surface area contributed by atoms with Gasteiger partial charge < -0.3 is 14.1 Å². The van der Waals surface area contributed by atoms with Crippen LogP contribution in [0.2, 0.25) is 0 Å². The highest BCUT2D eigenvalue weighted by molar-refractivity contribution is 9.10. The van der Waals surface area contributed by atoms with Crippen LogP contribution in [0.3, 0.4) is 0 Å². The Bertz CT molecular complexity index is 1040. The van der Waals surface area contributed by atoms with Crippen LogP contribution in [-0.4, -0.2) is 19.6 Å². The fourth-order valence-electron chi connectivity index (χ4n) is 2.85. The molecule has 134 valence electrons. The summed E-state index contributed by atoms with van der Waals surface area (Å²) in [5.74, 6) is 0.0317. The van der Waals surface area contributed by atoms with Gasteiger partial charge >= 0.3 is 5.63 Å². The van der Waals surface area contributed by atoms with Crippen LogP contribution in [-0.2, 0) is 0 Å². The molecule has 2 aromatic carbocycles. The smallest absolute Gasteiger partial charge is 0.349 e. The second-order valence-corrected chi connectivity index (χ2v) is 6.78. The lowest BCUT2D eigenvalue weighted by Crippen LogP contribution is -2.34. The first-order chi connectivity index (χ1) is 12.4. The molecule has 0 saturated carbocycles. The van der Waals surface area contributed by atoms with E-state index in [0.29, 0.717) is 23.3 Å². The largest absolute Gasteiger partial charge is 0.493 e. The molecule has 0 radical (unpaired) electrons. The number of carbonyl (C=O) groups excluding carboxylic acids is 1. The Morgan fingerprint density at radius 2 is 2.00 bits per heavy atom. The summed E-state index contributed by atoms with van der Waals surface area (Å²) in [6, 6.07) is 12.6. The van der Waals surface area contributed by atoms with E-state index in [9.17, 15) is 9.59 Å². The van der Waals surface area contributed by atoms with Gasteiger partial charge in [-0.05, 0) is 49.7 Å². The van der Waals surface area contributed by atoms with Crippen molar-refractivity contribution in [3.05, 3.63) is 68.5 Å². The Hall–Kier alpha value is -2.60. The number of hydrogen-bond acceptors (Lipinski definition) is 4. The van der Waals surface area contributed by atoms with Gasteiger partial charge in [-0.3, -0.25) is 4.79 Å². The van der Waals surface area contributed by atoms with Crippen molar-refractivity contribution in [3.63, 3.8) is 0 Å². The van der Waals surface area contributed by atoms with Gasteiger partial charge in [0, 0.05) is 22.1 Å². The first kappa shape index (κ1) is 18.2. The number of aryl methyl sites for hydroxylation is 1. The van der Waals surface area contributed by atoms with Crippen molar-refractivity contribution in [1.82, 2.24) is 0 Å². The summed E-state index contributed by atoms with van der Waals surface area (Å²) in [5, 5.41) is 0.611. The molecule has 26 heavy (non-hydrogen) atoms. The van der Waals surface area contributed by atoms with Crippen molar-refractivity contribution < 1.29 is 13.9 Å². The van der Waals surface area contributed by atoms with Gasteiger partial charge in [0.25, 0.3) is 5.91 Å². The highest BCUT2D eigenvalue weighted by atomic mass is 79.9. The van der Waals surface area contributed by atoms with Crippen LogP contribution in [0.4, 0.5) is 5.69 Å². The number of benzene rings is 2. The molecule has 1 heterocycles. The molecule has 0 unspecified atom stereocenters. The van der Waals surface area contributed by atoms with E-state index in [4.69, 9.17) is 9.15 Å². The molecule has 3 aromatic rings. The van der Waals surface area contributed by atoms with Gasteiger partial charge in [0.2, 0.25) is 0 Å². The third-order valence-electron chi connectivity index (χ3n) is 4.09. The molecule has 0 bridgehead atoms. The molecule has 0 N–H and O–H groups in total. The number of rotatable bonds is 4. The average Bonchev–Trinajstić information content (AvgIpc) is 2.61. The van der Waals surface area contributed by atoms with Crippen molar-refractivity contribution in [3.8, 4) is 5.75 Å². The lowest BCUT2D eigenvalue weighted by Gasteiger charge is -2.21. The van der Waals surface area contributed by atoms with Crippen molar-refractivity contribution in [2.75, 3.05) is 18.6 Å². The van der Waals surface area contributed by atoms with E-state index in [0.717, 1.165) is 15.7 Å². The lowest BCUT2D eigenvalue weighted by molar-refractivity contribution is 0.0985. The summed E-state index contributed by atoms with van der Waals surface area (Å²) in [5.41, 5.74) is 1.39. The predicted octanol–water partition coefficient (Wildman–Crippen LogP) is 4.54. The molecule has 0 saturated heterocycles. The Kier molecular flexibility index (Phi) is 5.13. The van der Waals surface area contributed by atoms with Gasteiger partial charge in [0.1, 0.15) is 5.56 Å². The van der Waals surface area contributed by atoms with Gasteiger partial charge in [-0.1, -0.05) is 28.1 Å². The van der Waals surface area contributed by atoms with Crippen molar-refractivity contribution in [2.45, 2.75) is 13.8 Å². The van der Waals surface area contributed by atoms with Crippen molar-refractivity contribution in [2.24, 2.45) is 0 Å². The first-order valence-electron chi connectivity index (χ1n) is 8.14. The summed E-state index contributed by atoms with van der Waals surface area (Å²) in [7, 11) is 1.50. The van der Waals surface area contributed by atoms with E-state index in [-0.39, 0.29) is 5.56 Å². The van der Waals surface area contributed by atoms with Crippen LogP contribution < -0.4 is 15.3 Å². The summed E-state index contributed by atoms with van der Waals surface area (Å²) in [6.07, 6.45) is 0. The molecule has 0 aliphatic heterocycles. The van der Waals surface area contributed by atoms with Crippen LogP contribution in [0.1, 0.15) is 22.8 Å². The zero-order chi connectivity index (χ0) is 18.8. The maximum absolute atomic E-state index is 13.0. The Morgan fingerprint density at radius 1 is 1.23 bits per heavy atom. The SMILES string of the molecule is CCN(C(=O)c1cc2cc(Br)cc(OC)c2oc1=O)c1cccc(C)c1. The average molecular weight is 416 g/mol. The summed E-state index contributed by atoms with van der Waals surface area (Å²) >= 11 is 3.40. The number of ether oxygens (including phenoxy) is 1. The molecule has 1 aromatic heterocycles. The van der Waals surface area contributed by atoms with E-state index in [2.05, 4.69) is 15.9 Å². The molecule has 0 atom stereocenters. The quantitative estimate of drug-likeness (QED) is 0.586. The van der Waals surface area contributed by atoms with Crippen LogP contribution in [0.5, 0.6) is 5.75 Å². The second-order valence-electron chi connectivity index (χ2n) is 5.86. The number of methoxy groups -OCH3 is 1. The minimum absolute atomic E-state index is 0.0130. The number of amides is 1. The van der Waals surface area contributed by atoms with Crippen molar-refractivity contribution >= 4 is 38.5 Å². The number of fused-ring (bicyclic) bond motifs is 1. The highest BCUT2D eigenvalue weighted by Gasteiger charge is 2.22. The maximum atomic E-state index is 13.0. The predicted molar refractivity (Wildman–Crippen MR) is 105 cm³/mol. The molecular weight excluding hydrogens is 398 g/mol. The maximum Gasteiger partial charge on any atom is 0.349 e. The summed E-state index contributed by atoms with van der Waals surface area (Å²) in [4.78, 5) is 27.0. The Labute approximate surface area is 159 Å². The molecule has 0 aliphatic rings. The van der Waals surface area contributed by atoms with E-state index in [1.54, 1.807) is 23.1 Å². The van der Waals surface area contributed by atoms with Crippen molar-refractivity contribution in [1.29, 1.82) is 0 Å². The molecule has 0 spiro atoms. The Balaban J connectivity index is 2.13. The zero-order valence-electron chi connectivity index (χ0n) is 14.7. The second kappa shape index (κ2) is 7.33. The number of anilines is 1. The van der Waals surface area contributed by atoms with Crippen LogP contribution in [0.15, 0.2) is 56.1 Å². The fourth-order valence-corrected chi connectivity index (χ4v) is 3.31. The number of halogens is 1. The third kappa shape index (κ3) is 3.37. The highest BCUT2D eigenvalue weighted by Crippen LogP contribution is 2.30. The topological polar surface area (TPSA) is 59.8 Å². The van der Waals surface area contributed by atoms with E-state index in [1.807, 2.05) is 38.1 Å². The minimum atomic E-state index is -0.686. The van der Waals surface area contributed by atoms with E-state index < -0.39 is 11.5 Å². The molecule has 0 fully saturated rings. The van der Waals surface area contributed by atoms with Gasteiger partial charge in [-0.25, -0.2) is 4.79 Å². The summed E-state index contributed by atoms with van der Waals surface area (Å²) in [6.45, 7) is 4.25. The van der Waals surface area contributed by atoms with Gasteiger partial charge in [0.05, 0.1) is 7.11 Å². The number of hydrogen-bond donors (Lipinski definition) is 0. The normalized spacial score (nSPS) is 10.8. The van der Waals surface area contributed by atoms with Gasteiger partial charge in [0.15, 0.2) is 11.3 Å². The fraction of sp³-hybridized carbons (Fsp3) is 0.200. The first-order valence-corrected chi connectivity index (χ1v) is 8.93. The van der Waals surface area contributed by atoms with E-state index >= 15 is 0 Å². The monoisotopic (exact) mass is 415 g/mol. The van der Waals surface area contributed by atoms with Gasteiger partial charge in [-0.2, -0.15) is 0 Å². The standard InChI is InChI=1S/C20H18BrNO4/c1-4-22(15-7-5-6-12(2)8-15)19(23)16-10-13-9-14(21)11-17(25-3)18(13)26-20(16)24/h5-11H,4H2,1-3H3. The van der Waals surface area contributed by atoms with Crippen LogP contribution in [0, 0.1) is 6.92 Å². The van der Waals surface area contributed by atoms with Crippen LogP contribution in [0.25, 0.3) is 11.0 Å². The minimum Gasteiger partial charge on any atom is -0.493 e. The number of nitrogens with zero attached hydrogens (tertiary/aromatic N) is 1. The molecule has 1 amide bonds. The van der Waals surface area contributed by atoms with E-state index in [1.165, 1.54) is 7.11 Å². The summed E-state index contributed by atoms with van der Waals surface area (Å²) < 4.78 is 11.4. The molecule has 3 rings (SSSR count). The zero-order valence-corrected chi connectivity index (χ0v) is 16.3. The number of carbonyl (C=O) groups is 1. The lowest BCUT2D eigenvalue weighted by atomic mass is 10.1. The van der Waals surface area contributed by atoms with Gasteiger partial charge in [-0.15, -0.1) is 0 Å². The molecular formula is C20H18BrNO4. The molecule has 6 heteroatoms. The Morgan fingerprint density at radius 3 is 2.65 bits per heavy atom. The molecule has 5 nitrogen and oxygen atoms in total. The van der Waals surface area contributed by atoms with Crippen LogP contribution >= 0.6 is 15.9 Å². The third-order valence-corrected chi connectivity index (χ3v) is 4.55. The molecule has 0 aliphatic carbocycles.